The van der Waals surface area contributed by atoms with Gasteiger partial charge in [-0.15, -0.1) is 0 Å². The van der Waals surface area contributed by atoms with Gasteiger partial charge in [0.25, 0.3) is 0 Å². The van der Waals surface area contributed by atoms with E-state index < -0.39 is 0 Å². The van der Waals surface area contributed by atoms with Crippen LogP contribution in [0.4, 0.5) is 5.82 Å². The molecule has 0 bridgehead atoms. The van der Waals surface area contributed by atoms with Gasteiger partial charge in [-0.3, -0.25) is 0 Å². The summed E-state index contributed by atoms with van der Waals surface area (Å²) in [4.78, 5) is 8.60. The van der Waals surface area contributed by atoms with Crippen LogP contribution in [-0.2, 0) is 11.3 Å². The Bertz CT molecular complexity index is 454. The number of rotatable bonds is 4. The highest BCUT2D eigenvalue weighted by Gasteiger charge is 2.05. The van der Waals surface area contributed by atoms with Crippen LogP contribution in [0.1, 0.15) is 5.82 Å². The topological polar surface area (TPSA) is 64.9 Å². The molecule has 2 heterocycles. The summed E-state index contributed by atoms with van der Waals surface area (Å²) in [5.74, 6) is 2.09. The van der Waals surface area contributed by atoms with E-state index >= 15 is 0 Å². The predicted octanol–water partition coefficient (Wildman–Crippen LogP) is 0.850. The Morgan fingerprint density at radius 2 is 2.31 bits per heavy atom. The van der Waals surface area contributed by atoms with Crippen molar-refractivity contribution in [3.8, 4) is 5.82 Å². The number of ether oxygens (including phenoxy) is 1. The summed E-state index contributed by atoms with van der Waals surface area (Å²) in [7, 11) is 3.43. The first-order chi connectivity index (χ1) is 7.83. The Morgan fingerprint density at radius 3 is 2.94 bits per heavy atom. The van der Waals surface area contributed by atoms with E-state index in [1.54, 1.807) is 18.0 Å². The lowest BCUT2D eigenvalue weighted by Crippen LogP contribution is -2.06. The average Bonchev–Trinajstić information content (AvgIpc) is 2.82. The minimum absolute atomic E-state index is 0.379. The van der Waals surface area contributed by atoms with Gasteiger partial charge in [-0.25, -0.2) is 14.6 Å². The molecule has 0 aromatic carbocycles. The summed E-state index contributed by atoms with van der Waals surface area (Å²) >= 11 is 0. The molecule has 0 amide bonds. The smallest absolute Gasteiger partial charge is 0.159 e. The van der Waals surface area contributed by atoms with Crippen LogP contribution in [0.2, 0.25) is 0 Å². The van der Waals surface area contributed by atoms with Gasteiger partial charge >= 0.3 is 0 Å². The van der Waals surface area contributed by atoms with E-state index in [0.717, 1.165) is 11.6 Å². The molecule has 0 aliphatic rings. The van der Waals surface area contributed by atoms with Gasteiger partial charge in [-0.05, 0) is 6.07 Å². The van der Waals surface area contributed by atoms with Crippen molar-refractivity contribution < 1.29 is 4.74 Å². The molecule has 0 aliphatic heterocycles. The van der Waals surface area contributed by atoms with Crippen LogP contribution in [0.5, 0.6) is 0 Å². The third-order valence-corrected chi connectivity index (χ3v) is 2.03. The second-order valence-electron chi connectivity index (χ2n) is 3.16. The molecule has 6 nitrogen and oxygen atoms in total. The fourth-order valence-electron chi connectivity index (χ4n) is 1.33. The molecule has 16 heavy (non-hydrogen) atoms. The van der Waals surface area contributed by atoms with Crippen LogP contribution in [0.15, 0.2) is 24.5 Å². The Hall–Kier alpha value is -1.95. The van der Waals surface area contributed by atoms with Crippen molar-refractivity contribution in [2.75, 3.05) is 19.5 Å². The van der Waals surface area contributed by atoms with E-state index in [-0.39, 0.29) is 0 Å². The Labute approximate surface area is 93.3 Å². The van der Waals surface area contributed by atoms with Gasteiger partial charge in [-0.2, -0.15) is 5.10 Å². The van der Waals surface area contributed by atoms with E-state index in [9.17, 15) is 0 Å². The number of anilines is 1. The number of aromatic nitrogens is 4. The zero-order chi connectivity index (χ0) is 11.4. The fourth-order valence-corrected chi connectivity index (χ4v) is 1.33. The minimum atomic E-state index is 0.379. The molecule has 0 radical (unpaired) electrons. The summed E-state index contributed by atoms with van der Waals surface area (Å²) in [6.07, 6.45) is 3.54. The van der Waals surface area contributed by atoms with Gasteiger partial charge in [0.2, 0.25) is 0 Å². The van der Waals surface area contributed by atoms with E-state index in [1.165, 1.54) is 0 Å². The third kappa shape index (κ3) is 2.17. The van der Waals surface area contributed by atoms with Crippen molar-refractivity contribution in [1.82, 2.24) is 19.7 Å². The largest absolute Gasteiger partial charge is 0.377 e. The van der Waals surface area contributed by atoms with Crippen LogP contribution in [-0.4, -0.2) is 33.9 Å². The van der Waals surface area contributed by atoms with Crippen LogP contribution in [0.3, 0.4) is 0 Å². The maximum Gasteiger partial charge on any atom is 0.159 e. The molecule has 0 saturated heterocycles. The average molecular weight is 219 g/mol. The number of hydrogen-bond acceptors (Lipinski definition) is 5. The molecule has 0 spiro atoms. The molecular weight excluding hydrogens is 206 g/mol. The van der Waals surface area contributed by atoms with Crippen molar-refractivity contribution in [2.24, 2.45) is 0 Å². The molecule has 84 valence electrons. The van der Waals surface area contributed by atoms with Crippen molar-refractivity contribution in [2.45, 2.75) is 6.61 Å². The highest BCUT2D eigenvalue weighted by Crippen LogP contribution is 2.10. The molecular formula is C10H13N5O. The van der Waals surface area contributed by atoms with Gasteiger partial charge in [-0.1, -0.05) is 0 Å². The highest BCUT2D eigenvalue weighted by atomic mass is 16.5. The van der Waals surface area contributed by atoms with Crippen molar-refractivity contribution >= 4 is 5.82 Å². The molecule has 0 saturated carbocycles. The van der Waals surface area contributed by atoms with E-state index in [2.05, 4.69) is 20.4 Å². The molecule has 2 aromatic heterocycles. The maximum atomic E-state index is 5.02. The van der Waals surface area contributed by atoms with Gasteiger partial charge in [0, 0.05) is 32.6 Å². The second kappa shape index (κ2) is 4.71. The van der Waals surface area contributed by atoms with Gasteiger partial charge < -0.3 is 10.1 Å². The standard InChI is InChI=1S/C10H13N5O/c1-11-8-6-10(15-5-3-4-12-15)14-9(13-8)7-16-2/h3-6H,7H2,1-2H3,(H,11,13,14). The Morgan fingerprint density at radius 1 is 1.44 bits per heavy atom. The molecule has 0 unspecified atom stereocenters. The summed E-state index contributed by atoms with van der Waals surface area (Å²) < 4.78 is 6.70. The normalized spacial score (nSPS) is 10.4. The van der Waals surface area contributed by atoms with Crippen LogP contribution in [0.25, 0.3) is 5.82 Å². The SMILES string of the molecule is CNc1cc(-n2cccn2)nc(COC)n1. The summed E-state index contributed by atoms with van der Waals surface area (Å²) in [5, 5.41) is 7.10. The molecule has 2 rings (SSSR count). The van der Waals surface area contributed by atoms with Crippen molar-refractivity contribution in [1.29, 1.82) is 0 Å². The Kier molecular flexibility index (Phi) is 3.11. The van der Waals surface area contributed by atoms with E-state index in [1.807, 2.05) is 25.4 Å². The third-order valence-electron chi connectivity index (χ3n) is 2.03. The molecule has 2 aromatic rings. The number of methoxy groups -OCH3 is 1. The van der Waals surface area contributed by atoms with Gasteiger partial charge in [0.05, 0.1) is 0 Å². The highest BCUT2D eigenvalue weighted by molar-refractivity contribution is 5.40. The minimum Gasteiger partial charge on any atom is -0.377 e. The van der Waals surface area contributed by atoms with Gasteiger partial charge in [0.15, 0.2) is 11.6 Å². The first kappa shape index (κ1) is 10.6. The molecule has 0 fully saturated rings. The quantitative estimate of drug-likeness (QED) is 0.825. The lowest BCUT2D eigenvalue weighted by molar-refractivity contribution is 0.178. The number of nitrogens with zero attached hydrogens (tertiary/aromatic N) is 4. The summed E-state index contributed by atoms with van der Waals surface area (Å²) in [5.41, 5.74) is 0. The number of nitrogens with one attached hydrogen (secondary N) is 1. The second-order valence-corrected chi connectivity index (χ2v) is 3.16. The predicted molar refractivity (Wildman–Crippen MR) is 59.4 cm³/mol. The van der Waals surface area contributed by atoms with Crippen molar-refractivity contribution in [3.05, 3.63) is 30.4 Å². The first-order valence-corrected chi connectivity index (χ1v) is 4.88. The van der Waals surface area contributed by atoms with E-state index in [4.69, 9.17) is 4.74 Å². The molecule has 6 heteroatoms. The maximum absolute atomic E-state index is 5.02. The van der Waals surface area contributed by atoms with Crippen molar-refractivity contribution in [3.63, 3.8) is 0 Å². The Balaban J connectivity index is 2.41. The zero-order valence-electron chi connectivity index (χ0n) is 9.21. The lowest BCUT2D eigenvalue weighted by atomic mass is 10.5. The summed E-state index contributed by atoms with van der Waals surface area (Å²) in [6, 6.07) is 3.67. The first-order valence-electron chi connectivity index (χ1n) is 4.88. The molecule has 1 N–H and O–H groups in total. The molecule has 0 aliphatic carbocycles. The summed E-state index contributed by atoms with van der Waals surface area (Å²) in [6.45, 7) is 0.379. The molecule has 0 atom stereocenters. The monoisotopic (exact) mass is 219 g/mol. The van der Waals surface area contributed by atoms with Crippen LogP contribution < -0.4 is 5.32 Å². The number of hydrogen-bond donors (Lipinski definition) is 1. The van der Waals surface area contributed by atoms with Crippen LogP contribution >= 0.6 is 0 Å². The fraction of sp³-hybridized carbons (Fsp3) is 0.300. The lowest BCUT2D eigenvalue weighted by Gasteiger charge is -2.06. The van der Waals surface area contributed by atoms with Crippen LogP contribution in [0, 0.1) is 0 Å². The van der Waals surface area contributed by atoms with Gasteiger partial charge in [0.1, 0.15) is 12.4 Å². The zero-order valence-corrected chi connectivity index (χ0v) is 9.21. The van der Waals surface area contributed by atoms with E-state index in [0.29, 0.717) is 12.4 Å².